The number of hydrogen-bond acceptors (Lipinski definition) is 4. The molecule has 0 unspecified atom stereocenters. The van der Waals surface area contributed by atoms with Crippen LogP contribution in [0.15, 0.2) is 43.1 Å². The summed E-state index contributed by atoms with van der Waals surface area (Å²) in [6, 6.07) is 3.56. The SMILES string of the molecule is Cc1nccn1-c1ncccc1NC(=O)c1cn[nH]c1. The Balaban J connectivity index is 1.95. The number of nitrogens with zero attached hydrogens (tertiary/aromatic N) is 4. The second-order valence-corrected chi connectivity index (χ2v) is 4.16. The summed E-state index contributed by atoms with van der Waals surface area (Å²) in [6.45, 7) is 1.87. The van der Waals surface area contributed by atoms with Gasteiger partial charge in [-0.25, -0.2) is 9.97 Å². The van der Waals surface area contributed by atoms with E-state index in [0.717, 1.165) is 5.82 Å². The predicted octanol–water partition coefficient (Wildman–Crippen LogP) is 1.55. The summed E-state index contributed by atoms with van der Waals surface area (Å²) in [5, 5.41) is 9.18. The van der Waals surface area contributed by atoms with Crippen molar-refractivity contribution in [1.82, 2.24) is 24.7 Å². The van der Waals surface area contributed by atoms with Crippen LogP contribution in [0.2, 0.25) is 0 Å². The molecule has 0 saturated heterocycles. The fraction of sp³-hybridized carbons (Fsp3) is 0.0769. The lowest BCUT2D eigenvalue weighted by atomic mass is 10.3. The highest BCUT2D eigenvalue weighted by Crippen LogP contribution is 2.19. The summed E-state index contributed by atoms with van der Waals surface area (Å²) >= 11 is 0. The lowest BCUT2D eigenvalue weighted by Crippen LogP contribution is -2.14. The Hall–Kier alpha value is -2.96. The van der Waals surface area contributed by atoms with Gasteiger partial charge in [-0.1, -0.05) is 0 Å². The molecule has 100 valence electrons. The number of hydrogen-bond donors (Lipinski definition) is 2. The molecule has 0 spiro atoms. The predicted molar refractivity (Wildman–Crippen MR) is 72.6 cm³/mol. The Labute approximate surface area is 114 Å². The Morgan fingerprint density at radius 2 is 2.25 bits per heavy atom. The van der Waals surface area contributed by atoms with E-state index in [4.69, 9.17) is 0 Å². The zero-order valence-corrected chi connectivity index (χ0v) is 10.7. The first-order chi connectivity index (χ1) is 9.75. The molecule has 1 amide bonds. The van der Waals surface area contributed by atoms with Crippen LogP contribution in [-0.4, -0.2) is 30.6 Å². The number of aromatic nitrogens is 5. The molecule has 3 heterocycles. The van der Waals surface area contributed by atoms with E-state index in [1.807, 2.05) is 11.5 Å². The fourth-order valence-corrected chi connectivity index (χ4v) is 1.86. The minimum atomic E-state index is -0.245. The zero-order valence-electron chi connectivity index (χ0n) is 10.7. The normalized spacial score (nSPS) is 10.4. The number of aryl methyl sites for hydroxylation is 1. The van der Waals surface area contributed by atoms with Crippen LogP contribution in [0, 0.1) is 6.92 Å². The summed E-state index contributed by atoms with van der Waals surface area (Å²) in [6.07, 6.45) is 8.15. The Kier molecular flexibility index (Phi) is 3.00. The molecule has 7 nitrogen and oxygen atoms in total. The van der Waals surface area contributed by atoms with Crippen LogP contribution in [0.3, 0.4) is 0 Å². The highest BCUT2D eigenvalue weighted by Gasteiger charge is 2.12. The maximum Gasteiger partial charge on any atom is 0.258 e. The van der Waals surface area contributed by atoms with Crippen LogP contribution in [0.25, 0.3) is 5.82 Å². The highest BCUT2D eigenvalue weighted by molar-refractivity contribution is 6.04. The quantitative estimate of drug-likeness (QED) is 0.754. The van der Waals surface area contributed by atoms with Gasteiger partial charge in [-0.3, -0.25) is 14.5 Å². The number of H-pyrrole nitrogens is 1. The molecular formula is C13H12N6O. The lowest BCUT2D eigenvalue weighted by molar-refractivity contribution is 0.102. The smallest absolute Gasteiger partial charge is 0.258 e. The van der Waals surface area contributed by atoms with Gasteiger partial charge in [0.05, 0.1) is 17.4 Å². The van der Waals surface area contributed by atoms with Gasteiger partial charge < -0.3 is 5.32 Å². The average Bonchev–Trinajstić information content (AvgIpc) is 3.10. The molecule has 0 aliphatic carbocycles. The van der Waals surface area contributed by atoms with Gasteiger partial charge in [0.1, 0.15) is 5.82 Å². The average molecular weight is 268 g/mol. The topological polar surface area (TPSA) is 88.5 Å². The maximum atomic E-state index is 12.1. The van der Waals surface area contributed by atoms with Crippen LogP contribution in [0.4, 0.5) is 5.69 Å². The minimum Gasteiger partial charge on any atom is -0.319 e. The minimum absolute atomic E-state index is 0.245. The van der Waals surface area contributed by atoms with Gasteiger partial charge in [0.25, 0.3) is 5.91 Å². The van der Waals surface area contributed by atoms with Crippen LogP contribution >= 0.6 is 0 Å². The summed E-state index contributed by atoms with van der Waals surface area (Å²) in [4.78, 5) is 20.5. The van der Waals surface area contributed by atoms with E-state index in [2.05, 4.69) is 25.5 Å². The third kappa shape index (κ3) is 2.16. The van der Waals surface area contributed by atoms with E-state index in [1.54, 1.807) is 30.7 Å². The molecule has 0 aromatic carbocycles. The third-order valence-corrected chi connectivity index (χ3v) is 2.85. The molecule has 3 aromatic rings. The van der Waals surface area contributed by atoms with Crippen molar-refractivity contribution in [1.29, 1.82) is 0 Å². The van der Waals surface area contributed by atoms with Crippen molar-refractivity contribution in [3.05, 3.63) is 54.5 Å². The molecule has 0 saturated carbocycles. The van der Waals surface area contributed by atoms with E-state index in [-0.39, 0.29) is 5.91 Å². The summed E-state index contributed by atoms with van der Waals surface area (Å²) < 4.78 is 1.81. The summed E-state index contributed by atoms with van der Waals surface area (Å²) in [7, 11) is 0. The first-order valence-electron chi connectivity index (χ1n) is 6.01. The second kappa shape index (κ2) is 4.96. The molecule has 0 aliphatic rings. The van der Waals surface area contributed by atoms with Crippen molar-refractivity contribution in [2.24, 2.45) is 0 Å². The standard InChI is InChI=1S/C13H12N6O/c1-9-14-5-6-19(9)12-11(3-2-4-15-12)18-13(20)10-7-16-17-8-10/h2-8H,1H3,(H,16,17)(H,18,20). The Morgan fingerprint density at radius 3 is 2.95 bits per heavy atom. The fourth-order valence-electron chi connectivity index (χ4n) is 1.86. The molecule has 0 atom stereocenters. The van der Waals surface area contributed by atoms with Crippen LogP contribution in [0.1, 0.15) is 16.2 Å². The van der Waals surface area contributed by atoms with Gasteiger partial charge in [0, 0.05) is 24.8 Å². The summed E-state index contributed by atoms with van der Waals surface area (Å²) in [5.41, 5.74) is 1.07. The molecule has 3 aromatic heterocycles. The van der Waals surface area contributed by atoms with Crippen LogP contribution in [-0.2, 0) is 0 Å². The number of imidazole rings is 1. The molecule has 20 heavy (non-hydrogen) atoms. The van der Waals surface area contributed by atoms with Gasteiger partial charge in [0.15, 0.2) is 5.82 Å². The number of nitrogens with one attached hydrogen (secondary N) is 2. The van der Waals surface area contributed by atoms with Crippen molar-refractivity contribution in [3.8, 4) is 5.82 Å². The van der Waals surface area contributed by atoms with E-state index in [1.165, 1.54) is 12.4 Å². The second-order valence-electron chi connectivity index (χ2n) is 4.16. The molecule has 7 heteroatoms. The monoisotopic (exact) mass is 268 g/mol. The van der Waals surface area contributed by atoms with E-state index >= 15 is 0 Å². The van der Waals surface area contributed by atoms with Crippen molar-refractivity contribution in [3.63, 3.8) is 0 Å². The number of pyridine rings is 1. The van der Waals surface area contributed by atoms with E-state index in [9.17, 15) is 4.79 Å². The van der Waals surface area contributed by atoms with Crippen LogP contribution < -0.4 is 5.32 Å². The van der Waals surface area contributed by atoms with Crippen molar-refractivity contribution in [2.75, 3.05) is 5.32 Å². The molecule has 0 radical (unpaired) electrons. The van der Waals surface area contributed by atoms with Crippen molar-refractivity contribution < 1.29 is 4.79 Å². The molecule has 3 rings (SSSR count). The molecule has 0 aliphatic heterocycles. The van der Waals surface area contributed by atoms with E-state index < -0.39 is 0 Å². The molecule has 2 N–H and O–H groups in total. The van der Waals surface area contributed by atoms with Crippen molar-refractivity contribution >= 4 is 11.6 Å². The van der Waals surface area contributed by atoms with Crippen LogP contribution in [0.5, 0.6) is 0 Å². The number of carbonyl (C=O) groups excluding carboxylic acids is 1. The Bertz CT molecular complexity index is 731. The number of anilines is 1. The first-order valence-corrected chi connectivity index (χ1v) is 6.01. The largest absolute Gasteiger partial charge is 0.319 e. The maximum absolute atomic E-state index is 12.1. The number of aromatic amines is 1. The highest BCUT2D eigenvalue weighted by atomic mass is 16.1. The number of rotatable bonds is 3. The van der Waals surface area contributed by atoms with E-state index in [0.29, 0.717) is 17.1 Å². The Morgan fingerprint density at radius 1 is 1.35 bits per heavy atom. The zero-order chi connectivity index (χ0) is 13.9. The lowest BCUT2D eigenvalue weighted by Gasteiger charge is -2.11. The first kappa shape index (κ1) is 12.1. The van der Waals surface area contributed by atoms with Gasteiger partial charge in [0.2, 0.25) is 0 Å². The number of carbonyl (C=O) groups is 1. The van der Waals surface area contributed by atoms with Gasteiger partial charge in [-0.2, -0.15) is 5.10 Å². The van der Waals surface area contributed by atoms with Gasteiger partial charge in [-0.15, -0.1) is 0 Å². The summed E-state index contributed by atoms with van der Waals surface area (Å²) in [5.74, 6) is 1.17. The molecule has 0 fully saturated rings. The van der Waals surface area contributed by atoms with Gasteiger partial charge in [-0.05, 0) is 19.1 Å². The third-order valence-electron chi connectivity index (χ3n) is 2.85. The van der Waals surface area contributed by atoms with Crippen molar-refractivity contribution in [2.45, 2.75) is 6.92 Å². The molecular weight excluding hydrogens is 256 g/mol. The number of amides is 1. The molecule has 0 bridgehead atoms. The van der Waals surface area contributed by atoms with Gasteiger partial charge >= 0.3 is 0 Å².